The molecule has 0 bridgehead atoms. The van der Waals surface area contributed by atoms with Crippen LogP contribution >= 0.6 is 11.6 Å². The minimum absolute atomic E-state index is 0.0336. The fourth-order valence-electron chi connectivity index (χ4n) is 2.93. The Kier molecular flexibility index (Phi) is 7.13. The van der Waals surface area contributed by atoms with Crippen molar-refractivity contribution in [2.75, 3.05) is 6.61 Å². The van der Waals surface area contributed by atoms with Gasteiger partial charge in [0.15, 0.2) is 11.5 Å². The Labute approximate surface area is 168 Å². The van der Waals surface area contributed by atoms with Gasteiger partial charge in [0.1, 0.15) is 11.8 Å². The number of hydrogen-bond acceptors (Lipinski definition) is 6. The maximum absolute atomic E-state index is 12.5. The third-order valence-electron chi connectivity index (χ3n) is 4.31. The number of Topliss-reactive ketones (excluding diaryl/α,β-unsaturated/α-hetero) is 1. The molecular weight excluding hydrogens is 380 g/mol. The lowest BCUT2D eigenvalue weighted by Crippen LogP contribution is -2.11. The van der Waals surface area contributed by atoms with Crippen molar-refractivity contribution in [1.82, 2.24) is 4.98 Å². The topological polar surface area (TPSA) is 100 Å². The van der Waals surface area contributed by atoms with E-state index in [1.807, 2.05) is 32.0 Å². The summed E-state index contributed by atoms with van der Waals surface area (Å²) in [5.41, 5.74) is 3.15. The molecule has 0 fully saturated rings. The van der Waals surface area contributed by atoms with Crippen LogP contribution in [-0.2, 0) is 16.0 Å². The number of benzene rings is 1. The fraction of sp³-hybridized carbons (Fsp3) is 0.333. The molecule has 146 valence electrons. The van der Waals surface area contributed by atoms with Gasteiger partial charge in [-0.2, -0.15) is 5.26 Å². The molecule has 7 heteroatoms. The molecule has 0 spiro atoms. The molecule has 6 nitrogen and oxygen atoms in total. The Balaban J connectivity index is 2.35. The van der Waals surface area contributed by atoms with E-state index in [1.165, 1.54) is 6.07 Å². The van der Waals surface area contributed by atoms with E-state index in [0.717, 1.165) is 16.7 Å². The first-order valence-electron chi connectivity index (χ1n) is 8.84. The minimum atomic E-state index is -0.520. The third kappa shape index (κ3) is 5.08. The van der Waals surface area contributed by atoms with Crippen molar-refractivity contribution >= 4 is 23.4 Å². The predicted octanol–water partition coefficient (Wildman–Crippen LogP) is 4.05. The molecule has 0 atom stereocenters. The van der Waals surface area contributed by atoms with Gasteiger partial charge < -0.3 is 9.84 Å². The third-order valence-corrected chi connectivity index (χ3v) is 4.53. The standard InChI is InChI=1S/C21H21ClN2O4/c1-4-28-19(26)6-5-18(25)20-21(27)14(11-23)9-16(24-20)10-17-12(2)7-15(22)8-13(17)3/h7-9,27H,4-6,10H2,1-3H3. The van der Waals surface area contributed by atoms with Crippen molar-refractivity contribution in [2.45, 2.75) is 40.0 Å². The van der Waals surface area contributed by atoms with Gasteiger partial charge in [0, 0.05) is 23.6 Å². The molecule has 0 aliphatic heterocycles. The number of hydrogen-bond donors (Lipinski definition) is 1. The van der Waals surface area contributed by atoms with Crippen LogP contribution in [0.2, 0.25) is 5.02 Å². The quantitative estimate of drug-likeness (QED) is 0.556. The largest absolute Gasteiger partial charge is 0.504 e. The maximum atomic E-state index is 12.5. The molecule has 28 heavy (non-hydrogen) atoms. The Hall–Kier alpha value is -2.91. The average Bonchev–Trinajstić information content (AvgIpc) is 2.63. The second kappa shape index (κ2) is 9.34. The molecule has 1 aromatic carbocycles. The number of halogens is 1. The molecule has 0 saturated carbocycles. The molecule has 0 aliphatic rings. The summed E-state index contributed by atoms with van der Waals surface area (Å²) in [5, 5.41) is 20.2. The van der Waals surface area contributed by atoms with Crippen LogP contribution in [0, 0.1) is 25.2 Å². The van der Waals surface area contributed by atoms with Gasteiger partial charge in [-0.1, -0.05) is 11.6 Å². The highest BCUT2D eigenvalue weighted by atomic mass is 35.5. The molecule has 2 aromatic rings. The minimum Gasteiger partial charge on any atom is -0.504 e. The van der Waals surface area contributed by atoms with E-state index in [0.29, 0.717) is 17.1 Å². The van der Waals surface area contributed by atoms with Gasteiger partial charge >= 0.3 is 5.97 Å². The van der Waals surface area contributed by atoms with Gasteiger partial charge in [-0.25, -0.2) is 4.98 Å². The van der Waals surface area contributed by atoms with Gasteiger partial charge in [0.05, 0.1) is 18.6 Å². The van der Waals surface area contributed by atoms with Gasteiger partial charge in [-0.3, -0.25) is 9.59 Å². The number of nitriles is 1. The van der Waals surface area contributed by atoms with E-state index in [4.69, 9.17) is 16.3 Å². The summed E-state index contributed by atoms with van der Waals surface area (Å²) < 4.78 is 4.80. The highest BCUT2D eigenvalue weighted by Crippen LogP contribution is 2.27. The number of ketones is 1. The van der Waals surface area contributed by atoms with Crippen molar-refractivity contribution in [3.63, 3.8) is 0 Å². The SMILES string of the molecule is CCOC(=O)CCC(=O)c1nc(Cc2c(C)cc(Cl)cc2C)cc(C#N)c1O. The number of aryl methyl sites for hydroxylation is 2. The summed E-state index contributed by atoms with van der Waals surface area (Å²) in [6.07, 6.45) is 0.101. The normalized spacial score (nSPS) is 10.4. The molecule has 1 N–H and O–H groups in total. The molecule has 0 unspecified atom stereocenters. The van der Waals surface area contributed by atoms with Crippen molar-refractivity contribution in [2.24, 2.45) is 0 Å². The number of carbonyl (C=O) groups excluding carboxylic acids is 2. The Morgan fingerprint density at radius 2 is 1.86 bits per heavy atom. The van der Waals surface area contributed by atoms with Crippen LogP contribution in [-0.4, -0.2) is 28.4 Å². The van der Waals surface area contributed by atoms with Crippen molar-refractivity contribution < 1.29 is 19.4 Å². The first-order chi connectivity index (χ1) is 13.3. The molecule has 1 aromatic heterocycles. The van der Waals surface area contributed by atoms with Crippen LogP contribution < -0.4 is 0 Å². The number of aromatic nitrogens is 1. The lowest BCUT2D eigenvalue weighted by molar-refractivity contribution is -0.143. The fourth-order valence-corrected chi connectivity index (χ4v) is 3.26. The summed E-state index contributed by atoms with van der Waals surface area (Å²) in [4.78, 5) is 28.2. The second-order valence-corrected chi connectivity index (χ2v) is 6.83. The first-order valence-corrected chi connectivity index (χ1v) is 9.22. The summed E-state index contributed by atoms with van der Waals surface area (Å²) in [6.45, 7) is 5.75. The number of nitrogens with zero attached hydrogens (tertiary/aromatic N) is 2. The van der Waals surface area contributed by atoms with Gasteiger partial charge in [0.2, 0.25) is 0 Å². The van der Waals surface area contributed by atoms with Crippen LogP contribution in [0.1, 0.15) is 58.2 Å². The molecule has 0 saturated heterocycles. The first kappa shape index (κ1) is 21.4. The van der Waals surface area contributed by atoms with Crippen molar-refractivity contribution in [3.8, 4) is 11.8 Å². The van der Waals surface area contributed by atoms with E-state index in [9.17, 15) is 20.0 Å². The van der Waals surface area contributed by atoms with Crippen LogP contribution in [0.25, 0.3) is 0 Å². The Bertz CT molecular complexity index is 941. The highest BCUT2D eigenvalue weighted by molar-refractivity contribution is 6.30. The van der Waals surface area contributed by atoms with E-state index in [-0.39, 0.29) is 30.7 Å². The van der Waals surface area contributed by atoms with Gasteiger partial charge in [-0.05, 0) is 55.7 Å². The monoisotopic (exact) mass is 400 g/mol. The van der Waals surface area contributed by atoms with Crippen LogP contribution in [0.4, 0.5) is 0 Å². The zero-order valence-electron chi connectivity index (χ0n) is 16.0. The van der Waals surface area contributed by atoms with E-state index < -0.39 is 17.5 Å². The zero-order valence-corrected chi connectivity index (χ0v) is 16.8. The molecule has 1 heterocycles. The van der Waals surface area contributed by atoms with E-state index >= 15 is 0 Å². The second-order valence-electron chi connectivity index (χ2n) is 6.39. The van der Waals surface area contributed by atoms with Gasteiger partial charge in [0.25, 0.3) is 0 Å². The van der Waals surface area contributed by atoms with Gasteiger partial charge in [-0.15, -0.1) is 0 Å². The number of pyridine rings is 1. The van der Waals surface area contributed by atoms with E-state index in [2.05, 4.69) is 4.98 Å². The molecule has 0 aliphatic carbocycles. The van der Waals surface area contributed by atoms with Crippen molar-refractivity contribution in [1.29, 1.82) is 5.26 Å². The molecule has 0 radical (unpaired) electrons. The predicted molar refractivity (Wildman–Crippen MR) is 105 cm³/mol. The number of aromatic hydroxyl groups is 1. The lowest BCUT2D eigenvalue weighted by atomic mass is 9.97. The smallest absolute Gasteiger partial charge is 0.306 e. The number of carbonyl (C=O) groups is 2. The number of ether oxygens (including phenoxy) is 1. The zero-order chi connectivity index (χ0) is 20.8. The maximum Gasteiger partial charge on any atom is 0.306 e. The Morgan fingerprint density at radius 1 is 1.21 bits per heavy atom. The van der Waals surface area contributed by atoms with E-state index in [1.54, 1.807) is 6.92 Å². The number of esters is 1. The highest BCUT2D eigenvalue weighted by Gasteiger charge is 2.20. The average molecular weight is 401 g/mol. The van der Waals surface area contributed by atoms with Crippen LogP contribution in [0.5, 0.6) is 5.75 Å². The van der Waals surface area contributed by atoms with Crippen LogP contribution in [0.3, 0.4) is 0 Å². The van der Waals surface area contributed by atoms with Crippen molar-refractivity contribution in [3.05, 3.63) is 56.9 Å². The Morgan fingerprint density at radius 3 is 2.43 bits per heavy atom. The molecular formula is C21H21ClN2O4. The lowest BCUT2D eigenvalue weighted by Gasteiger charge is -2.12. The molecule has 0 amide bonds. The summed E-state index contributed by atoms with van der Waals surface area (Å²) in [7, 11) is 0. The summed E-state index contributed by atoms with van der Waals surface area (Å²) in [6, 6.07) is 7.02. The summed E-state index contributed by atoms with van der Waals surface area (Å²) in [5.74, 6) is -1.49. The van der Waals surface area contributed by atoms with Crippen LogP contribution in [0.15, 0.2) is 18.2 Å². The summed E-state index contributed by atoms with van der Waals surface area (Å²) >= 11 is 6.07. The molecule has 2 rings (SSSR count). The number of rotatable bonds is 7.